The predicted molar refractivity (Wildman–Crippen MR) is 104 cm³/mol. The van der Waals surface area contributed by atoms with Gasteiger partial charge in [0.1, 0.15) is 6.54 Å². The number of rotatable bonds is 11. The van der Waals surface area contributed by atoms with Crippen LogP contribution in [0.4, 0.5) is 0 Å². The van der Waals surface area contributed by atoms with Gasteiger partial charge >= 0.3 is 5.97 Å². The summed E-state index contributed by atoms with van der Waals surface area (Å²) in [5.41, 5.74) is 5.89. The fourth-order valence-electron chi connectivity index (χ4n) is 4.20. The second-order valence-corrected chi connectivity index (χ2v) is 7.60. The lowest BCUT2D eigenvalue weighted by molar-refractivity contribution is -0.144. The largest absolute Gasteiger partial charge is 0.465 e. The van der Waals surface area contributed by atoms with Gasteiger partial charge in [-0.15, -0.1) is 5.10 Å². The summed E-state index contributed by atoms with van der Waals surface area (Å²) >= 11 is 0. The molecular formula is C19H36N6O2. The van der Waals surface area contributed by atoms with Crippen LogP contribution < -0.4 is 11.1 Å². The Kier molecular flexibility index (Phi) is 9.14. The minimum atomic E-state index is -0.313. The molecule has 8 heteroatoms. The van der Waals surface area contributed by atoms with Crippen molar-refractivity contribution in [2.24, 2.45) is 23.5 Å². The molecule has 1 aromatic rings. The molecule has 154 valence electrons. The standard InChI is InChI=1S/C19H36N6O2/c1-4-16(5-2)18(21-12-15-9-7-8-14(10-15)11-20)19-22-23-24-25(19)13-17(26)27-6-3/h14-16,18,21H,4-13,20H2,1-3H3. The third-order valence-electron chi connectivity index (χ3n) is 5.79. The Morgan fingerprint density at radius 2 is 2.04 bits per heavy atom. The molecular weight excluding hydrogens is 344 g/mol. The van der Waals surface area contributed by atoms with E-state index < -0.39 is 0 Å². The first-order valence-electron chi connectivity index (χ1n) is 10.5. The number of aromatic nitrogens is 4. The summed E-state index contributed by atoms with van der Waals surface area (Å²) in [4.78, 5) is 11.9. The highest BCUT2D eigenvalue weighted by Gasteiger charge is 2.29. The van der Waals surface area contributed by atoms with Crippen LogP contribution in [0.1, 0.15) is 71.2 Å². The van der Waals surface area contributed by atoms with Gasteiger partial charge in [-0.1, -0.05) is 33.1 Å². The normalized spacial score (nSPS) is 21.4. The molecule has 1 fully saturated rings. The number of nitrogens with two attached hydrogens (primary N) is 1. The Bertz CT molecular complexity index is 560. The first-order chi connectivity index (χ1) is 13.1. The van der Waals surface area contributed by atoms with Crippen LogP contribution in [0.15, 0.2) is 0 Å². The lowest BCUT2D eigenvalue weighted by Crippen LogP contribution is -2.36. The van der Waals surface area contributed by atoms with E-state index >= 15 is 0 Å². The molecule has 3 N–H and O–H groups in total. The van der Waals surface area contributed by atoms with Crippen molar-refractivity contribution < 1.29 is 9.53 Å². The fraction of sp³-hybridized carbons (Fsp3) is 0.895. The number of hydrogen-bond donors (Lipinski definition) is 2. The van der Waals surface area contributed by atoms with Gasteiger partial charge in [-0.3, -0.25) is 4.79 Å². The van der Waals surface area contributed by atoms with Crippen LogP contribution in [0.25, 0.3) is 0 Å². The van der Waals surface area contributed by atoms with Gasteiger partial charge in [0.2, 0.25) is 0 Å². The van der Waals surface area contributed by atoms with Crippen molar-refractivity contribution in [3.63, 3.8) is 0 Å². The first kappa shape index (κ1) is 21.8. The van der Waals surface area contributed by atoms with Gasteiger partial charge in [0, 0.05) is 0 Å². The number of tetrazole rings is 1. The zero-order chi connectivity index (χ0) is 19.6. The molecule has 0 saturated heterocycles. The van der Waals surface area contributed by atoms with Crippen molar-refractivity contribution in [3.8, 4) is 0 Å². The second kappa shape index (κ2) is 11.3. The molecule has 3 unspecified atom stereocenters. The molecule has 0 radical (unpaired) electrons. The van der Waals surface area contributed by atoms with Crippen molar-refractivity contribution in [1.82, 2.24) is 25.5 Å². The maximum Gasteiger partial charge on any atom is 0.327 e. The maximum absolute atomic E-state index is 11.9. The summed E-state index contributed by atoms with van der Waals surface area (Å²) in [6.07, 6.45) is 6.98. The molecule has 1 aliphatic rings. The topological polar surface area (TPSA) is 108 Å². The number of carbonyl (C=O) groups is 1. The van der Waals surface area contributed by atoms with Gasteiger partial charge in [0.15, 0.2) is 5.82 Å². The lowest BCUT2D eigenvalue weighted by atomic mass is 9.81. The highest BCUT2D eigenvalue weighted by atomic mass is 16.5. The summed E-state index contributed by atoms with van der Waals surface area (Å²) in [5, 5.41) is 15.8. The van der Waals surface area contributed by atoms with Gasteiger partial charge in [-0.25, -0.2) is 4.68 Å². The second-order valence-electron chi connectivity index (χ2n) is 7.60. The molecule has 1 aromatic heterocycles. The Labute approximate surface area is 162 Å². The van der Waals surface area contributed by atoms with E-state index in [1.165, 1.54) is 25.7 Å². The minimum Gasteiger partial charge on any atom is -0.465 e. The van der Waals surface area contributed by atoms with Crippen LogP contribution >= 0.6 is 0 Å². The fourth-order valence-corrected chi connectivity index (χ4v) is 4.20. The van der Waals surface area contributed by atoms with Gasteiger partial charge < -0.3 is 15.8 Å². The van der Waals surface area contributed by atoms with Crippen LogP contribution in [0, 0.1) is 17.8 Å². The molecule has 1 aliphatic carbocycles. The highest BCUT2D eigenvalue weighted by molar-refractivity contribution is 5.69. The monoisotopic (exact) mass is 380 g/mol. The number of ether oxygens (including phenoxy) is 1. The van der Waals surface area contributed by atoms with Gasteiger partial charge in [0.05, 0.1) is 12.6 Å². The van der Waals surface area contributed by atoms with Crippen molar-refractivity contribution in [2.75, 3.05) is 19.7 Å². The van der Waals surface area contributed by atoms with Crippen LogP contribution in [-0.4, -0.2) is 45.9 Å². The minimum absolute atomic E-state index is 0.0303. The molecule has 8 nitrogen and oxygen atoms in total. The lowest BCUT2D eigenvalue weighted by Gasteiger charge is -2.31. The number of nitrogens with one attached hydrogen (secondary N) is 1. The van der Waals surface area contributed by atoms with Crippen molar-refractivity contribution in [1.29, 1.82) is 0 Å². The maximum atomic E-state index is 11.9. The third kappa shape index (κ3) is 6.24. The Morgan fingerprint density at radius 1 is 1.30 bits per heavy atom. The SMILES string of the molecule is CCOC(=O)Cn1nnnc1C(NCC1CCCC(CN)C1)C(CC)CC. The number of nitrogens with zero attached hydrogens (tertiary/aromatic N) is 4. The summed E-state index contributed by atoms with van der Waals surface area (Å²) in [7, 11) is 0. The van der Waals surface area contributed by atoms with Crippen LogP contribution in [-0.2, 0) is 16.1 Å². The molecule has 0 bridgehead atoms. The Hall–Kier alpha value is -1.54. The van der Waals surface area contributed by atoms with E-state index in [9.17, 15) is 4.79 Å². The van der Waals surface area contributed by atoms with Crippen molar-refractivity contribution in [2.45, 2.75) is 71.9 Å². The number of hydrogen-bond acceptors (Lipinski definition) is 7. The van der Waals surface area contributed by atoms with E-state index in [-0.39, 0.29) is 18.6 Å². The number of esters is 1. The van der Waals surface area contributed by atoms with Crippen molar-refractivity contribution >= 4 is 5.97 Å². The number of carbonyl (C=O) groups excluding carboxylic acids is 1. The first-order valence-corrected chi connectivity index (χ1v) is 10.5. The Balaban J connectivity index is 2.08. The molecule has 1 heterocycles. The quantitative estimate of drug-likeness (QED) is 0.566. The molecule has 3 atom stereocenters. The highest BCUT2D eigenvalue weighted by Crippen LogP contribution is 2.30. The van der Waals surface area contributed by atoms with Gasteiger partial charge in [-0.2, -0.15) is 0 Å². The zero-order valence-corrected chi connectivity index (χ0v) is 17.1. The van der Waals surface area contributed by atoms with Crippen LogP contribution in [0.3, 0.4) is 0 Å². The third-order valence-corrected chi connectivity index (χ3v) is 5.79. The van der Waals surface area contributed by atoms with E-state index in [1.54, 1.807) is 11.6 Å². The van der Waals surface area contributed by atoms with E-state index in [0.717, 1.165) is 31.8 Å². The molecule has 0 spiro atoms. The average molecular weight is 381 g/mol. The van der Waals surface area contributed by atoms with Crippen LogP contribution in [0.2, 0.25) is 0 Å². The molecule has 27 heavy (non-hydrogen) atoms. The Morgan fingerprint density at radius 3 is 2.70 bits per heavy atom. The summed E-state index contributed by atoms with van der Waals surface area (Å²) in [6.45, 7) is 8.29. The summed E-state index contributed by atoms with van der Waals surface area (Å²) < 4.78 is 6.64. The van der Waals surface area contributed by atoms with E-state index in [1.807, 2.05) is 0 Å². The molecule has 0 aliphatic heterocycles. The van der Waals surface area contributed by atoms with E-state index in [0.29, 0.717) is 24.4 Å². The van der Waals surface area contributed by atoms with Crippen LogP contribution in [0.5, 0.6) is 0 Å². The molecule has 0 amide bonds. The van der Waals surface area contributed by atoms with E-state index in [4.69, 9.17) is 10.5 Å². The van der Waals surface area contributed by atoms with Gasteiger partial charge in [-0.05, 0) is 67.5 Å². The van der Waals surface area contributed by atoms with Crippen molar-refractivity contribution in [3.05, 3.63) is 5.82 Å². The molecule has 2 rings (SSSR count). The molecule has 0 aromatic carbocycles. The van der Waals surface area contributed by atoms with Gasteiger partial charge in [0.25, 0.3) is 0 Å². The van der Waals surface area contributed by atoms with E-state index in [2.05, 4.69) is 34.7 Å². The predicted octanol–water partition coefficient (Wildman–Crippen LogP) is 2.07. The average Bonchev–Trinajstić information content (AvgIpc) is 3.13. The summed E-state index contributed by atoms with van der Waals surface area (Å²) in [6, 6.07) is 0.0303. The smallest absolute Gasteiger partial charge is 0.327 e. The summed E-state index contributed by atoms with van der Waals surface area (Å²) in [5.74, 6) is 2.10. The molecule has 1 saturated carbocycles. The zero-order valence-electron chi connectivity index (χ0n) is 17.1.